The molecule has 9 heteroatoms. The van der Waals surface area contributed by atoms with Crippen LogP contribution < -0.4 is 15.7 Å². The summed E-state index contributed by atoms with van der Waals surface area (Å²) in [7, 11) is 1.30. The van der Waals surface area contributed by atoms with Crippen molar-refractivity contribution in [1.82, 2.24) is 9.55 Å². The van der Waals surface area contributed by atoms with E-state index in [1.807, 2.05) is 121 Å². The topological polar surface area (TPSA) is 99.6 Å². The van der Waals surface area contributed by atoms with Crippen LogP contribution in [0.3, 0.4) is 0 Å². The van der Waals surface area contributed by atoms with Crippen molar-refractivity contribution in [3.63, 3.8) is 0 Å². The summed E-state index contributed by atoms with van der Waals surface area (Å²) in [4.78, 5) is 39.4. The molecule has 2 atom stereocenters. The van der Waals surface area contributed by atoms with Gasteiger partial charge in [-0.05, 0) is 0 Å². The first-order valence-corrected chi connectivity index (χ1v) is 16.8. The second-order valence-electron chi connectivity index (χ2n) is 10.2. The molecule has 0 fully saturated rings. The quantitative estimate of drug-likeness (QED) is 0.0797. The molecule has 0 saturated heterocycles. The Labute approximate surface area is 273 Å². The Morgan fingerprint density at radius 1 is 0.804 bits per heavy atom. The van der Waals surface area contributed by atoms with E-state index in [4.69, 9.17) is 14.2 Å². The second-order valence-corrected chi connectivity index (χ2v) is 12.5. The summed E-state index contributed by atoms with van der Waals surface area (Å²) in [5, 5.41) is 0.465. The van der Waals surface area contributed by atoms with Crippen molar-refractivity contribution in [2.24, 2.45) is 0 Å². The molecule has 0 aliphatic heterocycles. The second kappa shape index (κ2) is 16.0. The molecular weight excluding hydrogens is 647 g/mol. The van der Waals surface area contributed by atoms with E-state index in [0.29, 0.717) is 5.32 Å². The van der Waals surface area contributed by atoms with Crippen LogP contribution in [-0.4, -0.2) is 50.3 Å². The van der Waals surface area contributed by atoms with Crippen molar-refractivity contribution in [3.05, 3.63) is 183 Å². The maximum atomic E-state index is 13.0. The van der Waals surface area contributed by atoms with Crippen molar-refractivity contribution in [1.29, 1.82) is 0 Å². The molecule has 4 aromatic carbocycles. The Balaban J connectivity index is 1.55. The van der Waals surface area contributed by atoms with Gasteiger partial charge in [-0.1, -0.05) is 0 Å². The van der Waals surface area contributed by atoms with Crippen molar-refractivity contribution < 1.29 is 19.0 Å². The van der Waals surface area contributed by atoms with Crippen LogP contribution in [0.25, 0.3) is 0 Å². The van der Waals surface area contributed by atoms with E-state index in [1.54, 1.807) is 6.08 Å². The molecule has 1 heterocycles. The summed E-state index contributed by atoms with van der Waals surface area (Å²) in [6.07, 6.45) is 2.72. The van der Waals surface area contributed by atoms with Crippen molar-refractivity contribution in [2.45, 2.75) is 23.3 Å². The predicted molar refractivity (Wildman–Crippen MR) is 178 cm³/mol. The number of carbonyl (C=O) groups excluding carboxylic acids is 1. The van der Waals surface area contributed by atoms with Crippen molar-refractivity contribution in [3.8, 4) is 0 Å². The first kappa shape index (κ1) is 32.6. The minimum absolute atomic E-state index is 0.000875. The van der Waals surface area contributed by atoms with Gasteiger partial charge in [-0.15, -0.1) is 0 Å². The van der Waals surface area contributed by atoms with E-state index in [2.05, 4.69) is 4.98 Å². The normalized spacial score (nSPS) is 12.9. The van der Waals surface area contributed by atoms with Gasteiger partial charge in [-0.2, -0.15) is 0 Å². The number of nitrogens with one attached hydrogen (secondary N) is 1. The molecule has 234 valence electrons. The van der Waals surface area contributed by atoms with Crippen LogP contribution in [0.1, 0.15) is 22.9 Å². The van der Waals surface area contributed by atoms with E-state index in [0.717, 1.165) is 21.2 Å². The number of carbonyl (C=O) groups is 1. The summed E-state index contributed by atoms with van der Waals surface area (Å²) in [6, 6.07) is 41.0. The van der Waals surface area contributed by atoms with Gasteiger partial charge in [-0.3, -0.25) is 0 Å². The summed E-state index contributed by atoms with van der Waals surface area (Å²) in [5.74, 6) is -0.555. The zero-order chi connectivity index (χ0) is 32.2. The number of aromatic amines is 1. The van der Waals surface area contributed by atoms with E-state index in [-0.39, 0.29) is 21.6 Å². The molecule has 0 spiro atoms. The zero-order valence-corrected chi connectivity index (χ0v) is 26.9. The number of rotatable bonds is 14. The fourth-order valence-corrected chi connectivity index (χ4v) is 7.03. The number of esters is 1. The Bertz CT molecular complexity index is 1730. The third kappa shape index (κ3) is 8.07. The van der Waals surface area contributed by atoms with Gasteiger partial charge in [0.25, 0.3) is 0 Å². The van der Waals surface area contributed by atoms with Crippen LogP contribution in [0.5, 0.6) is 0 Å². The minimum atomic E-state index is -1.04. The summed E-state index contributed by atoms with van der Waals surface area (Å²) >= 11 is -0.0825. The number of hydrogen-bond donors (Lipinski definition) is 1. The first-order chi connectivity index (χ1) is 22.5. The van der Waals surface area contributed by atoms with Gasteiger partial charge in [0.1, 0.15) is 0 Å². The van der Waals surface area contributed by atoms with Crippen LogP contribution in [0.15, 0.2) is 155 Å². The van der Waals surface area contributed by atoms with Crippen molar-refractivity contribution >= 4 is 25.4 Å². The van der Waals surface area contributed by atoms with Crippen molar-refractivity contribution in [2.75, 3.05) is 13.7 Å². The molecule has 1 aromatic heterocycles. The summed E-state index contributed by atoms with van der Waals surface area (Å²) in [5.41, 5.74) is 0.585. The molecular formula is C37H34N2O6Se. The van der Waals surface area contributed by atoms with Gasteiger partial charge in [0.15, 0.2) is 0 Å². The Morgan fingerprint density at radius 3 is 1.83 bits per heavy atom. The molecule has 8 nitrogen and oxygen atoms in total. The summed E-state index contributed by atoms with van der Waals surface area (Å²) in [6.45, 7) is -0.000875. The van der Waals surface area contributed by atoms with Crippen LogP contribution >= 0.6 is 0 Å². The van der Waals surface area contributed by atoms with Gasteiger partial charge in [-0.25, -0.2) is 0 Å². The van der Waals surface area contributed by atoms with Crippen LogP contribution in [0, 0.1) is 0 Å². The maximum absolute atomic E-state index is 13.0. The number of benzene rings is 4. The van der Waals surface area contributed by atoms with E-state index < -0.39 is 35.2 Å². The Hall–Kier alpha value is -4.79. The molecule has 0 bridgehead atoms. The molecule has 0 radical (unpaired) electrons. The Morgan fingerprint density at radius 2 is 1.33 bits per heavy atom. The number of methoxy groups -OCH3 is 1. The molecule has 0 amide bonds. The molecule has 0 saturated carbocycles. The summed E-state index contributed by atoms with van der Waals surface area (Å²) < 4.78 is 21.0. The number of nitrogens with zero attached hydrogens (tertiary/aromatic N) is 1. The monoisotopic (exact) mass is 682 g/mol. The zero-order valence-electron chi connectivity index (χ0n) is 25.2. The van der Waals surface area contributed by atoms with E-state index in [9.17, 15) is 14.4 Å². The molecule has 0 unspecified atom stereocenters. The standard InChI is InChI=1S/C37H34N2O6Se/c1-43-35(41)23-22-31(45-34(27-46-32-20-12-5-13-21-32)39-25-24-33(40)38-36(39)42)26-44-37(28-14-6-2-7-15-28,29-16-8-3-9-17-29)30-18-10-4-11-19-30/h2-25,31,34H,26-27H2,1H3,(H,38,40,42)/b23-22+/t31-,34+/m0/s1. The van der Waals surface area contributed by atoms with Gasteiger partial charge in [0.2, 0.25) is 0 Å². The molecule has 0 aliphatic rings. The average Bonchev–Trinajstić information content (AvgIpc) is 3.11. The number of ether oxygens (including phenoxy) is 3. The van der Waals surface area contributed by atoms with Gasteiger partial charge in [0.05, 0.1) is 0 Å². The third-order valence-corrected chi connectivity index (χ3v) is 9.50. The Kier molecular flexibility index (Phi) is 11.3. The van der Waals surface area contributed by atoms with E-state index in [1.165, 1.54) is 30.0 Å². The number of H-pyrrole nitrogens is 1. The van der Waals surface area contributed by atoms with E-state index >= 15 is 0 Å². The number of hydrogen-bond acceptors (Lipinski definition) is 6. The first-order valence-electron chi connectivity index (χ1n) is 14.7. The average molecular weight is 682 g/mol. The third-order valence-electron chi connectivity index (χ3n) is 7.28. The molecule has 46 heavy (non-hydrogen) atoms. The van der Waals surface area contributed by atoms with Gasteiger partial charge >= 0.3 is 274 Å². The van der Waals surface area contributed by atoms with Gasteiger partial charge < -0.3 is 0 Å². The number of aromatic nitrogens is 2. The molecule has 1 N–H and O–H groups in total. The SMILES string of the molecule is COC(=O)/C=C/[C@@H](COC(c1ccccc1)(c1ccccc1)c1ccccc1)O[C@H](C[Se]c1ccccc1)n1ccc(=O)[nH]c1=O. The van der Waals surface area contributed by atoms with Crippen LogP contribution in [0.4, 0.5) is 0 Å². The van der Waals surface area contributed by atoms with Crippen LogP contribution in [-0.2, 0) is 24.6 Å². The fraction of sp³-hybridized carbons (Fsp3) is 0.162. The fourth-order valence-electron chi connectivity index (χ4n) is 5.10. The molecule has 0 aliphatic carbocycles. The molecule has 5 aromatic rings. The van der Waals surface area contributed by atoms with Crippen LogP contribution in [0.2, 0.25) is 5.32 Å². The van der Waals surface area contributed by atoms with Gasteiger partial charge in [0, 0.05) is 0 Å². The molecule has 5 rings (SSSR count). The predicted octanol–water partition coefficient (Wildman–Crippen LogP) is 4.61.